The quantitative estimate of drug-likeness (QED) is 0.756. The van der Waals surface area contributed by atoms with Crippen LogP contribution in [-0.2, 0) is 17.8 Å². The lowest BCUT2D eigenvalue weighted by Crippen LogP contribution is -2.30. The predicted molar refractivity (Wildman–Crippen MR) is 93.1 cm³/mol. The first-order chi connectivity index (χ1) is 12.8. The van der Waals surface area contributed by atoms with E-state index in [4.69, 9.17) is 9.90 Å². The van der Waals surface area contributed by atoms with Crippen molar-refractivity contribution in [2.24, 2.45) is 0 Å². The third-order valence-corrected chi connectivity index (χ3v) is 3.94. The highest BCUT2D eigenvalue weighted by Crippen LogP contribution is 2.20. The van der Waals surface area contributed by atoms with Crippen molar-refractivity contribution < 1.29 is 23.1 Å². The highest BCUT2D eigenvalue weighted by molar-refractivity contribution is 5.73. The van der Waals surface area contributed by atoms with E-state index in [1.807, 2.05) is 19.2 Å². The van der Waals surface area contributed by atoms with E-state index in [2.05, 4.69) is 44.9 Å². The maximum atomic E-state index is 10.6. The normalized spacial score (nSPS) is 16.5. The summed E-state index contributed by atoms with van der Waals surface area (Å²) in [5.74, 6) is -1.90. The van der Waals surface area contributed by atoms with Crippen LogP contribution in [0.5, 0.6) is 0 Å². The second-order valence-electron chi connectivity index (χ2n) is 6.00. The topological polar surface area (TPSA) is 87.1 Å². The highest BCUT2D eigenvalue weighted by atomic mass is 19.4. The Balaban J connectivity index is 0.000000321. The van der Waals surface area contributed by atoms with Crippen LogP contribution >= 0.6 is 0 Å². The monoisotopic (exact) mass is 382 g/mol. The first-order valence-corrected chi connectivity index (χ1v) is 8.38. The molecule has 3 N–H and O–H groups in total. The average Bonchev–Trinajstić information content (AvgIpc) is 2.82. The summed E-state index contributed by atoms with van der Waals surface area (Å²) in [5, 5.41) is 14.2. The van der Waals surface area contributed by atoms with Crippen molar-refractivity contribution >= 4 is 5.97 Å². The van der Waals surface area contributed by atoms with Gasteiger partial charge in [0, 0.05) is 24.5 Å². The molecule has 27 heavy (non-hydrogen) atoms. The second kappa shape index (κ2) is 9.43. The van der Waals surface area contributed by atoms with Crippen LogP contribution in [0.3, 0.4) is 0 Å². The minimum absolute atomic E-state index is 0.317. The number of rotatable bonds is 3. The molecule has 0 fully saturated rings. The number of carboxylic acids is 1. The molecular formula is C18H21F3N4O2. The van der Waals surface area contributed by atoms with Crippen LogP contribution in [-0.4, -0.2) is 40.3 Å². The number of nitrogens with zero attached hydrogens (tertiary/aromatic N) is 2. The van der Waals surface area contributed by atoms with E-state index in [1.165, 1.54) is 11.1 Å². The summed E-state index contributed by atoms with van der Waals surface area (Å²) in [6, 6.07) is 10.9. The number of aliphatic carboxylic acids is 1. The van der Waals surface area contributed by atoms with Gasteiger partial charge in [0.2, 0.25) is 0 Å². The van der Waals surface area contributed by atoms with Crippen LogP contribution in [0.25, 0.3) is 0 Å². The van der Waals surface area contributed by atoms with E-state index in [9.17, 15) is 13.2 Å². The van der Waals surface area contributed by atoms with Crippen LogP contribution in [0.2, 0.25) is 0 Å². The van der Waals surface area contributed by atoms with Gasteiger partial charge in [0.1, 0.15) is 5.82 Å². The van der Waals surface area contributed by atoms with Crippen molar-refractivity contribution in [2.75, 3.05) is 13.1 Å². The van der Waals surface area contributed by atoms with Gasteiger partial charge in [-0.1, -0.05) is 24.3 Å². The van der Waals surface area contributed by atoms with Gasteiger partial charge in [-0.25, -0.2) is 14.8 Å². The molecule has 1 aromatic heterocycles. The van der Waals surface area contributed by atoms with Gasteiger partial charge in [-0.2, -0.15) is 13.2 Å². The largest absolute Gasteiger partial charge is 0.490 e. The first-order valence-electron chi connectivity index (χ1n) is 8.38. The van der Waals surface area contributed by atoms with Crippen LogP contribution < -0.4 is 10.6 Å². The number of nitrogens with one attached hydrogen (secondary N) is 2. The van der Waals surface area contributed by atoms with Crippen LogP contribution in [0, 0.1) is 6.92 Å². The maximum Gasteiger partial charge on any atom is 0.490 e. The third-order valence-electron chi connectivity index (χ3n) is 3.94. The molecule has 146 valence electrons. The van der Waals surface area contributed by atoms with Crippen molar-refractivity contribution in [3.63, 3.8) is 0 Å². The van der Waals surface area contributed by atoms with Crippen molar-refractivity contribution in [3.05, 3.63) is 59.2 Å². The highest BCUT2D eigenvalue weighted by Gasteiger charge is 2.38. The summed E-state index contributed by atoms with van der Waals surface area (Å²) in [4.78, 5) is 17.6. The zero-order chi connectivity index (χ0) is 19.9. The Hall–Kier alpha value is -2.52. The van der Waals surface area contributed by atoms with Crippen LogP contribution in [0.1, 0.15) is 28.7 Å². The van der Waals surface area contributed by atoms with Gasteiger partial charge in [0.15, 0.2) is 0 Å². The Morgan fingerprint density at radius 2 is 2.04 bits per heavy atom. The first kappa shape index (κ1) is 20.8. The molecule has 1 aromatic carbocycles. The van der Waals surface area contributed by atoms with Gasteiger partial charge < -0.3 is 15.7 Å². The van der Waals surface area contributed by atoms with Crippen molar-refractivity contribution in [1.29, 1.82) is 0 Å². The molecule has 2 heterocycles. The predicted octanol–water partition coefficient (Wildman–Crippen LogP) is 2.39. The molecule has 0 saturated heterocycles. The SMILES string of the molecule is Cc1ccnc(CNC2CNCCc3ccccc32)n1.O=C(O)C(F)(F)F. The Bertz CT molecular complexity index is 768. The molecule has 1 aliphatic heterocycles. The van der Waals surface area contributed by atoms with Crippen molar-refractivity contribution in [2.45, 2.75) is 32.1 Å². The van der Waals surface area contributed by atoms with E-state index in [0.717, 1.165) is 31.0 Å². The fourth-order valence-corrected chi connectivity index (χ4v) is 2.66. The lowest BCUT2D eigenvalue weighted by molar-refractivity contribution is -0.192. The Morgan fingerprint density at radius 3 is 2.70 bits per heavy atom. The third kappa shape index (κ3) is 6.61. The van der Waals surface area contributed by atoms with E-state index < -0.39 is 12.1 Å². The smallest absolute Gasteiger partial charge is 0.475 e. The number of aromatic nitrogens is 2. The lowest BCUT2D eigenvalue weighted by atomic mass is 9.99. The molecule has 1 unspecified atom stereocenters. The molecule has 0 aliphatic carbocycles. The van der Waals surface area contributed by atoms with Crippen molar-refractivity contribution in [1.82, 2.24) is 20.6 Å². The molecule has 0 spiro atoms. The number of aryl methyl sites for hydroxylation is 1. The Morgan fingerprint density at radius 1 is 1.33 bits per heavy atom. The van der Waals surface area contributed by atoms with Crippen LogP contribution in [0.15, 0.2) is 36.5 Å². The van der Waals surface area contributed by atoms with Crippen LogP contribution in [0.4, 0.5) is 13.2 Å². The molecular weight excluding hydrogens is 361 g/mol. The molecule has 1 atom stereocenters. The number of carboxylic acid groups (broad SMARTS) is 1. The number of carbonyl (C=O) groups is 1. The zero-order valence-electron chi connectivity index (χ0n) is 14.8. The van der Waals surface area contributed by atoms with E-state index in [1.54, 1.807) is 0 Å². The van der Waals surface area contributed by atoms with Crippen molar-refractivity contribution in [3.8, 4) is 0 Å². The summed E-state index contributed by atoms with van der Waals surface area (Å²) in [5.41, 5.74) is 3.83. The Kier molecular flexibility index (Phi) is 7.26. The van der Waals surface area contributed by atoms with Gasteiger partial charge in [0.05, 0.1) is 6.54 Å². The maximum absolute atomic E-state index is 10.6. The fourth-order valence-electron chi connectivity index (χ4n) is 2.66. The summed E-state index contributed by atoms with van der Waals surface area (Å²) < 4.78 is 31.7. The van der Waals surface area contributed by atoms with E-state index in [0.29, 0.717) is 12.6 Å². The number of fused-ring (bicyclic) bond motifs is 1. The molecule has 2 aromatic rings. The number of halogens is 3. The zero-order valence-corrected chi connectivity index (χ0v) is 14.8. The standard InChI is InChI=1S/C16H20N4.C2HF3O2/c1-12-6-9-18-16(20-12)11-19-15-10-17-8-7-13-4-2-3-5-14(13)15;3-2(4,5)1(6)7/h2-6,9,15,17,19H,7-8,10-11H2,1H3;(H,6,7). The molecule has 0 saturated carbocycles. The van der Waals surface area contributed by atoms with Gasteiger partial charge in [-0.05, 0) is 37.1 Å². The van der Waals surface area contributed by atoms with E-state index >= 15 is 0 Å². The number of hydrogen-bond donors (Lipinski definition) is 3. The average molecular weight is 382 g/mol. The molecule has 3 rings (SSSR count). The molecule has 1 aliphatic rings. The summed E-state index contributed by atoms with van der Waals surface area (Å²) >= 11 is 0. The lowest BCUT2D eigenvalue weighted by Gasteiger charge is -2.19. The number of alkyl halides is 3. The minimum atomic E-state index is -5.08. The molecule has 0 amide bonds. The van der Waals surface area contributed by atoms with Gasteiger partial charge in [-0.15, -0.1) is 0 Å². The fraction of sp³-hybridized carbons (Fsp3) is 0.389. The minimum Gasteiger partial charge on any atom is -0.475 e. The summed E-state index contributed by atoms with van der Waals surface area (Å²) in [7, 11) is 0. The summed E-state index contributed by atoms with van der Waals surface area (Å²) in [6.07, 6.45) is -2.17. The van der Waals surface area contributed by atoms with Gasteiger partial charge in [-0.3, -0.25) is 0 Å². The number of benzene rings is 1. The molecule has 0 bridgehead atoms. The molecule has 9 heteroatoms. The van der Waals surface area contributed by atoms with E-state index in [-0.39, 0.29) is 0 Å². The molecule has 0 radical (unpaired) electrons. The second-order valence-corrected chi connectivity index (χ2v) is 6.00. The van der Waals surface area contributed by atoms with Gasteiger partial charge >= 0.3 is 12.1 Å². The summed E-state index contributed by atoms with van der Waals surface area (Å²) in [6.45, 7) is 4.68. The number of hydrogen-bond acceptors (Lipinski definition) is 5. The van der Waals surface area contributed by atoms with Gasteiger partial charge in [0.25, 0.3) is 0 Å². The molecule has 6 nitrogen and oxygen atoms in total. The Labute approximate surface area is 154 Å².